The maximum Gasteiger partial charge on any atom is 0.255 e. The van der Waals surface area contributed by atoms with Crippen LogP contribution in [0.1, 0.15) is 22.0 Å². The van der Waals surface area contributed by atoms with Gasteiger partial charge in [0, 0.05) is 31.4 Å². The summed E-state index contributed by atoms with van der Waals surface area (Å²) >= 11 is 6.33. The molecule has 0 fully saturated rings. The third-order valence-corrected chi connectivity index (χ3v) is 4.60. The van der Waals surface area contributed by atoms with E-state index in [-0.39, 0.29) is 11.9 Å². The summed E-state index contributed by atoms with van der Waals surface area (Å²) in [7, 11) is 7.24. The number of carbonyl (C=O) groups is 1. The highest BCUT2D eigenvalue weighted by atomic mass is 35.5. The van der Waals surface area contributed by atoms with Gasteiger partial charge in [-0.3, -0.25) is 9.48 Å². The molecule has 28 heavy (non-hydrogen) atoms. The number of nitrogens with one attached hydrogen (secondary N) is 1. The number of amides is 1. The second kappa shape index (κ2) is 8.36. The highest BCUT2D eigenvalue weighted by molar-refractivity contribution is 6.33. The SMILES string of the molecule is COc1cc(-n2cnnn2)c(Cl)cc1C(=O)NCC(c1cnn(C)c1)N(C)C. The summed E-state index contributed by atoms with van der Waals surface area (Å²) in [6.07, 6.45) is 5.13. The Morgan fingerprint density at radius 3 is 2.75 bits per heavy atom. The maximum absolute atomic E-state index is 12.8. The first-order valence-electron chi connectivity index (χ1n) is 8.44. The van der Waals surface area contributed by atoms with E-state index in [1.54, 1.807) is 23.0 Å². The van der Waals surface area contributed by atoms with E-state index in [0.29, 0.717) is 28.6 Å². The first-order valence-corrected chi connectivity index (χ1v) is 8.82. The number of methoxy groups -OCH3 is 1. The van der Waals surface area contributed by atoms with Crippen molar-refractivity contribution >= 4 is 17.5 Å². The molecule has 10 nitrogen and oxygen atoms in total. The molecule has 148 valence electrons. The summed E-state index contributed by atoms with van der Waals surface area (Å²) in [6.45, 7) is 0.396. The van der Waals surface area contributed by atoms with Gasteiger partial charge in [-0.15, -0.1) is 5.10 Å². The van der Waals surface area contributed by atoms with Crippen LogP contribution >= 0.6 is 11.6 Å². The number of benzene rings is 1. The lowest BCUT2D eigenvalue weighted by Gasteiger charge is -2.23. The minimum atomic E-state index is -0.294. The fraction of sp³-hybridized carbons (Fsp3) is 0.353. The highest BCUT2D eigenvalue weighted by Gasteiger charge is 2.21. The standard InChI is InChI=1S/C17H21ClN8O2/c1-24(2)15(11-7-21-25(3)9-11)8-19-17(27)12-5-13(18)14(6-16(12)28-4)26-10-20-22-23-26/h5-7,9-10,15H,8H2,1-4H3,(H,19,27). The number of hydrogen-bond acceptors (Lipinski definition) is 7. The maximum atomic E-state index is 12.8. The molecule has 3 aromatic rings. The molecule has 0 aliphatic rings. The van der Waals surface area contributed by atoms with Crippen molar-refractivity contribution in [2.24, 2.45) is 7.05 Å². The van der Waals surface area contributed by atoms with Crippen LogP contribution in [0.25, 0.3) is 5.69 Å². The molecule has 2 aromatic heterocycles. The highest BCUT2D eigenvalue weighted by Crippen LogP contribution is 2.29. The summed E-state index contributed by atoms with van der Waals surface area (Å²) < 4.78 is 8.51. The zero-order valence-electron chi connectivity index (χ0n) is 16.0. The molecule has 1 atom stereocenters. The Hall–Kier alpha value is -2.98. The van der Waals surface area contributed by atoms with Gasteiger partial charge in [-0.05, 0) is 30.6 Å². The van der Waals surface area contributed by atoms with Crippen LogP contribution in [-0.2, 0) is 7.05 Å². The van der Waals surface area contributed by atoms with Crippen molar-refractivity contribution < 1.29 is 9.53 Å². The molecule has 0 saturated heterocycles. The lowest BCUT2D eigenvalue weighted by Crippen LogP contribution is -2.34. The summed E-state index contributed by atoms with van der Waals surface area (Å²) in [4.78, 5) is 14.8. The zero-order chi connectivity index (χ0) is 20.3. The zero-order valence-corrected chi connectivity index (χ0v) is 16.8. The van der Waals surface area contributed by atoms with Crippen molar-refractivity contribution in [1.82, 2.24) is 40.2 Å². The van der Waals surface area contributed by atoms with Crippen LogP contribution in [0.3, 0.4) is 0 Å². The minimum Gasteiger partial charge on any atom is -0.496 e. The van der Waals surface area contributed by atoms with E-state index in [2.05, 4.69) is 25.9 Å². The molecule has 1 N–H and O–H groups in total. The predicted molar refractivity (Wildman–Crippen MR) is 103 cm³/mol. The Balaban J connectivity index is 1.81. The Morgan fingerprint density at radius 1 is 1.39 bits per heavy atom. The number of rotatable bonds is 7. The summed E-state index contributed by atoms with van der Waals surface area (Å²) in [5.74, 6) is 0.0768. The molecular formula is C17H21ClN8O2. The second-order valence-corrected chi connectivity index (χ2v) is 6.80. The van der Waals surface area contributed by atoms with Crippen LogP contribution in [0.4, 0.5) is 0 Å². The lowest BCUT2D eigenvalue weighted by atomic mass is 10.1. The van der Waals surface area contributed by atoms with Crippen molar-refractivity contribution in [2.45, 2.75) is 6.04 Å². The number of ether oxygens (including phenoxy) is 1. The van der Waals surface area contributed by atoms with Gasteiger partial charge in [0.15, 0.2) is 0 Å². The van der Waals surface area contributed by atoms with Crippen LogP contribution in [0, 0.1) is 0 Å². The second-order valence-electron chi connectivity index (χ2n) is 6.40. The third-order valence-electron chi connectivity index (χ3n) is 4.30. The smallest absolute Gasteiger partial charge is 0.255 e. The quantitative estimate of drug-likeness (QED) is 0.628. The van der Waals surface area contributed by atoms with E-state index in [1.165, 1.54) is 18.1 Å². The van der Waals surface area contributed by atoms with Crippen molar-refractivity contribution in [3.05, 3.63) is 47.0 Å². The van der Waals surface area contributed by atoms with E-state index in [1.807, 2.05) is 32.2 Å². The van der Waals surface area contributed by atoms with Gasteiger partial charge in [0.2, 0.25) is 0 Å². The molecule has 0 radical (unpaired) electrons. The number of aromatic nitrogens is 6. The first kappa shape index (κ1) is 19.8. The Kier molecular flexibility index (Phi) is 5.90. The van der Waals surface area contributed by atoms with E-state index in [0.717, 1.165) is 5.56 Å². The fourth-order valence-electron chi connectivity index (χ4n) is 2.83. The van der Waals surface area contributed by atoms with E-state index in [9.17, 15) is 4.79 Å². The average molecular weight is 405 g/mol. The number of aryl methyl sites for hydroxylation is 1. The van der Waals surface area contributed by atoms with Crippen molar-refractivity contribution in [2.75, 3.05) is 27.7 Å². The van der Waals surface area contributed by atoms with Crippen LogP contribution in [0.2, 0.25) is 5.02 Å². The predicted octanol–water partition coefficient (Wildman–Crippen LogP) is 1.09. The fourth-order valence-corrected chi connectivity index (χ4v) is 3.08. The Bertz CT molecular complexity index is 954. The van der Waals surface area contributed by atoms with E-state index in [4.69, 9.17) is 16.3 Å². The van der Waals surface area contributed by atoms with Crippen LogP contribution in [-0.4, -0.2) is 68.5 Å². The van der Waals surface area contributed by atoms with Crippen LogP contribution in [0.5, 0.6) is 5.75 Å². The Morgan fingerprint density at radius 2 is 2.18 bits per heavy atom. The van der Waals surface area contributed by atoms with E-state index < -0.39 is 0 Å². The van der Waals surface area contributed by atoms with Crippen molar-refractivity contribution in [3.63, 3.8) is 0 Å². The number of nitrogens with zero attached hydrogens (tertiary/aromatic N) is 7. The molecule has 0 spiro atoms. The minimum absolute atomic E-state index is 0.0281. The summed E-state index contributed by atoms with van der Waals surface area (Å²) in [5, 5.41) is 18.5. The van der Waals surface area contributed by atoms with Gasteiger partial charge >= 0.3 is 0 Å². The molecule has 1 unspecified atom stereocenters. The molecule has 0 aliphatic carbocycles. The molecule has 0 aliphatic heterocycles. The molecule has 1 amide bonds. The topological polar surface area (TPSA) is 103 Å². The number of hydrogen-bond donors (Lipinski definition) is 1. The largest absolute Gasteiger partial charge is 0.496 e. The van der Waals surface area contributed by atoms with Gasteiger partial charge in [0.1, 0.15) is 12.1 Å². The molecular weight excluding hydrogens is 384 g/mol. The van der Waals surface area contributed by atoms with Gasteiger partial charge in [0.05, 0.1) is 35.6 Å². The molecule has 3 rings (SSSR count). The van der Waals surface area contributed by atoms with Gasteiger partial charge in [-0.2, -0.15) is 9.78 Å². The molecule has 11 heteroatoms. The first-order chi connectivity index (χ1) is 13.4. The molecule has 1 aromatic carbocycles. The summed E-state index contributed by atoms with van der Waals surface area (Å²) in [5.41, 5.74) is 1.85. The van der Waals surface area contributed by atoms with Crippen LogP contribution < -0.4 is 10.1 Å². The number of likely N-dealkylation sites (N-methyl/N-ethyl adjacent to an activating group) is 1. The van der Waals surface area contributed by atoms with Gasteiger partial charge < -0.3 is 15.0 Å². The third kappa shape index (κ3) is 4.12. The van der Waals surface area contributed by atoms with Gasteiger partial charge in [-0.25, -0.2) is 0 Å². The van der Waals surface area contributed by atoms with Gasteiger partial charge in [0.25, 0.3) is 5.91 Å². The van der Waals surface area contributed by atoms with E-state index >= 15 is 0 Å². The number of tetrazole rings is 1. The lowest BCUT2D eigenvalue weighted by molar-refractivity contribution is 0.0939. The normalized spacial score (nSPS) is 12.2. The number of carbonyl (C=O) groups excluding carboxylic acids is 1. The molecule has 0 bridgehead atoms. The van der Waals surface area contributed by atoms with Crippen LogP contribution in [0.15, 0.2) is 30.9 Å². The monoisotopic (exact) mass is 404 g/mol. The summed E-state index contributed by atoms with van der Waals surface area (Å²) in [6, 6.07) is 3.14. The molecule has 0 saturated carbocycles. The Labute approximate surface area is 167 Å². The molecule has 2 heterocycles. The number of halogens is 1. The van der Waals surface area contributed by atoms with Crippen molar-refractivity contribution in [3.8, 4) is 11.4 Å². The average Bonchev–Trinajstić information content (AvgIpc) is 3.33. The van der Waals surface area contributed by atoms with Crippen molar-refractivity contribution in [1.29, 1.82) is 0 Å². The van der Waals surface area contributed by atoms with Gasteiger partial charge in [-0.1, -0.05) is 11.6 Å².